The predicted octanol–water partition coefficient (Wildman–Crippen LogP) is 1.26. The predicted molar refractivity (Wildman–Crippen MR) is 57.4 cm³/mol. The number of ether oxygens (including phenoxy) is 1. The summed E-state index contributed by atoms with van der Waals surface area (Å²) in [5.41, 5.74) is -0.471. The minimum atomic E-state index is -0.471. The fourth-order valence-corrected chi connectivity index (χ4v) is 1.77. The zero-order valence-corrected chi connectivity index (χ0v) is 9.62. The summed E-state index contributed by atoms with van der Waals surface area (Å²) >= 11 is 0. The van der Waals surface area contributed by atoms with E-state index in [1.807, 2.05) is 13.8 Å². The summed E-state index contributed by atoms with van der Waals surface area (Å²) in [6.45, 7) is 6.73. The van der Waals surface area contributed by atoms with Gasteiger partial charge in [-0.15, -0.1) is 0 Å². The van der Waals surface area contributed by atoms with Crippen molar-refractivity contribution < 1.29 is 9.84 Å². The Bertz CT molecular complexity index is 163. The first-order valence-corrected chi connectivity index (χ1v) is 5.54. The number of hydrogen-bond donors (Lipinski definition) is 1. The van der Waals surface area contributed by atoms with Crippen LogP contribution in [0.15, 0.2) is 0 Å². The molecule has 1 saturated heterocycles. The van der Waals surface area contributed by atoms with Crippen LogP contribution in [-0.2, 0) is 4.74 Å². The van der Waals surface area contributed by atoms with Crippen LogP contribution in [0.4, 0.5) is 0 Å². The number of likely N-dealkylation sites (tertiary alicyclic amines) is 1. The summed E-state index contributed by atoms with van der Waals surface area (Å²) in [5, 5.41) is 10.2. The van der Waals surface area contributed by atoms with Crippen LogP contribution in [0.2, 0.25) is 0 Å². The van der Waals surface area contributed by atoms with Crippen LogP contribution in [0.25, 0.3) is 0 Å². The molecular weight excluding hydrogens is 178 g/mol. The van der Waals surface area contributed by atoms with Crippen molar-refractivity contribution in [3.05, 3.63) is 0 Å². The quantitative estimate of drug-likeness (QED) is 0.743. The lowest BCUT2D eigenvalue weighted by atomic mass is 9.89. The van der Waals surface area contributed by atoms with E-state index in [1.165, 1.54) is 0 Å². The van der Waals surface area contributed by atoms with Crippen molar-refractivity contribution in [2.24, 2.45) is 0 Å². The number of hydrogen-bond acceptors (Lipinski definition) is 3. The standard InChI is InChI=1S/C11H23NO2/c1-10(2)14-9-6-11(13)4-7-12(3)8-5-11/h10,13H,4-9H2,1-3H3. The van der Waals surface area contributed by atoms with Crippen LogP contribution in [0.3, 0.4) is 0 Å². The maximum absolute atomic E-state index is 10.2. The highest BCUT2D eigenvalue weighted by atomic mass is 16.5. The lowest BCUT2D eigenvalue weighted by Crippen LogP contribution is -2.43. The van der Waals surface area contributed by atoms with E-state index in [1.54, 1.807) is 0 Å². The summed E-state index contributed by atoms with van der Waals surface area (Å²) in [7, 11) is 2.10. The molecule has 1 heterocycles. The fraction of sp³-hybridized carbons (Fsp3) is 1.00. The second-order valence-electron chi connectivity index (χ2n) is 4.70. The summed E-state index contributed by atoms with van der Waals surface area (Å²) in [5.74, 6) is 0. The van der Waals surface area contributed by atoms with E-state index in [4.69, 9.17) is 4.74 Å². The maximum Gasteiger partial charge on any atom is 0.0694 e. The molecule has 0 bridgehead atoms. The van der Waals surface area contributed by atoms with Gasteiger partial charge in [-0.25, -0.2) is 0 Å². The van der Waals surface area contributed by atoms with Crippen LogP contribution in [0.5, 0.6) is 0 Å². The fourth-order valence-electron chi connectivity index (χ4n) is 1.77. The molecule has 3 nitrogen and oxygen atoms in total. The molecule has 0 amide bonds. The Balaban J connectivity index is 2.21. The molecule has 0 aromatic heterocycles. The highest BCUT2D eigenvalue weighted by Crippen LogP contribution is 2.24. The molecule has 0 spiro atoms. The first-order valence-electron chi connectivity index (χ1n) is 5.54. The smallest absolute Gasteiger partial charge is 0.0694 e. The van der Waals surface area contributed by atoms with Gasteiger partial charge in [-0.3, -0.25) is 0 Å². The van der Waals surface area contributed by atoms with Crippen LogP contribution >= 0.6 is 0 Å². The van der Waals surface area contributed by atoms with Crippen LogP contribution in [-0.4, -0.2) is 48.5 Å². The van der Waals surface area contributed by atoms with Crippen molar-refractivity contribution in [3.63, 3.8) is 0 Å². The molecule has 1 aliphatic rings. The van der Waals surface area contributed by atoms with E-state index in [-0.39, 0.29) is 6.10 Å². The van der Waals surface area contributed by atoms with Gasteiger partial charge in [0.2, 0.25) is 0 Å². The highest BCUT2D eigenvalue weighted by Gasteiger charge is 2.30. The lowest BCUT2D eigenvalue weighted by molar-refractivity contribution is -0.0484. The van der Waals surface area contributed by atoms with Crippen LogP contribution in [0.1, 0.15) is 33.1 Å². The monoisotopic (exact) mass is 201 g/mol. The SMILES string of the molecule is CC(C)OCCC1(O)CCN(C)CC1. The molecule has 0 radical (unpaired) electrons. The molecule has 0 unspecified atom stereocenters. The molecule has 0 aliphatic carbocycles. The van der Waals surface area contributed by atoms with E-state index in [0.29, 0.717) is 6.61 Å². The molecule has 0 aromatic rings. The number of rotatable bonds is 4. The van der Waals surface area contributed by atoms with E-state index < -0.39 is 5.60 Å². The topological polar surface area (TPSA) is 32.7 Å². The largest absolute Gasteiger partial charge is 0.390 e. The summed E-state index contributed by atoms with van der Waals surface area (Å²) < 4.78 is 5.46. The van der Waals surface area contributed by atoms with Crippen LogP contribution in [0, 0.1) is 0 Å². The van der Waals surface area contributed by atoms with Gasteiger partial charge in [0.15, 0.2) is 0 Å². The molecule has 84 valence electrons. The highest BCUT2D eigenvalue weighted by molar-refractivity contribution is 4.84. The molecule has 1 fully saturated rings. The van der Waals surface area contributed by atoms with Crippen molar-refractivity contribution >= 4 is 0 Å². The van der Waals surface area contributed by atoms with Gasteiger partial charge < -0.3 is 14.7 Å². The minimum Gasteiger partial charge on any atom is -0.390 e. The number of piperidine rings is 1. The first-order chi connectivity index (χ1) is 6.52. The van der Waals surface area contributed by atoms with Gasteiger partial charge in [-0.05, 0) is 40.2 Å². The Morgan fingerprint density at radius 1 is 1.36 bits per heavy atom. The van der Waals surface area contributed by atoms with E-state index in [2.05, 4.69) is 11.9 Å². The third-order valence-electron chi connectivity index (χ3n) is 2.94. The van der Waals surface area contributed by atoms with E-state index >= 15 is 0 Å². The summed E-state index contributed by atoms with van der Waals surface area (Å²) in [6, 6.07) is 0. The zero-order valence-electron chi connectivity index (χ0n) is 9.62. The average Bonchev–Trinajstić information content (AvgIpc) is 2.10. The normalized spacial score (nSPS) is 22.9. The molecule has 1 aliphatic heterocycles. The Labute approximate surface area is 87.1 Å². The number of nitrogens with zero attached hydrogens (tertiary/aromatic N) is 1. The van der Waals surface area contributed by atoms with Gasteiger partial charge in [-0.1, -0.05) is 0 Å². The van der Waals surface area contributed by atoms with Crippen molar-refractivity contribution in [3.8, 4) is 0 Å². The Morgan fingerprint density at radius 3 is 2.43 bits per heavy atom. The maximum atomic E-state index is 10.2. The van der Waals surface area contributed by atoms with Crippen molar-refractivity contribution in [2.75, 3.05) is 26.7 Å². The van der Waals surface area contributed by atoms with Gasteiger partial charge in [0.25, 0.3) is 0 Å². The summed E-state index contributed by atoms with van der Waals surface area (Å²) in [4.78, 5) is 2.26. The molecule has 0 saturated carbocycles. The molecule has 0 atom stereocenters. The van der Waals surface area contributed by atoms with Crippen LogP contribution < -0.4 is 0 Å². The second-order valence-corrected chi connectivity index (χ2v) is 4.70. The minimum absolute atomic E-state index is 0.268. The van der Waals surface area contributed by atoms with Crippen molar-refractivity contribution in [1.82, 2.24) is 4.90 Å². The average molecular weight is 201 g/mol. The van der Waals surface area contributed by atoms with Gasteiger partial charge in [0.1, 0.15) is 0 Å². The molecule has 1 rings (SSSR count). The van der Waals surface area contributed by atoms with Crippen molar-refractivity contribution in [1.29, 1.82) is 0 Å². The van der Waals surface area contributed by atoms with Gasteiger partial charge in [0, 0.05) is 19.7 Å². The molecule has 14 heavy (non-hydrogen) atoms. The molecule has 1 N–H and O–H groups in total. The van der Waals surface area contributed by atoms with Gasteiger partial charge >= 0.3 is 0 Å². The Morgan fingerprint density at radius 2 is 1.93 bits per heavy atom. The summed E-state index contributed by atoms with van der Waals surface area (Å²) in [6.07, 6.45) is 2.81. The Hall–Kier alpha value is -0.120. The van der Waals surface area contributed by atoms with Gasteiger partial charge in [0.05, 0.1) is 11.7 Å². The first kappa shape index (κ1) is 12.0. The second kappa shape index (κ2) is 5.10. The van der Waals surface area contributed by atoms with E-state index in [9.17, 15) is 5.11 Å². The number of aliphatic hydroxyl groups is 1. The lowest BCUT2D eigenvalue weighted by Gasteiger charge is -2.36. The molecule has 3 heteroatoms. The Kier molecular flexibility index (Phi) is 4.35. The third kappa shape index (κ3) is 3.95. The molecule has 0 aromatic carbocycles. The zero-order chi connectivity index (χ0) is 10.6. The van der Waals surface area contributed by atoms with Crippen molar-refractivity contribution in [2.45, 2.75) is 44.8 Å². The molecular formula is C11H23NO2. The third-order valence-corrected chi connectivity index (χ3v) is 2.94. The van der Waals surface area contributed by atoms with E-state index in [0.717, 1.165) is 32.4 Å². The van der Waals surface area contributed by atoms with Gasteiger partial charge in [-0.2, -0.15) is 0 Å².